The van der Waals surface area contributed by atoms with E-state index in [1.165, 1.54) is 19.3 Å². The molecule has 1 fully saturated rings. The van der Waals surface area contributed by atoms with Crippen LogP contribution < -0.4 is 5.56 Å². The molecular formula is C20H25ClN2O2. The molecule has 1 aliphatic rings. The molecule has 134 valence electrons. The van der Waals surface area contributed by atoms with Gasteiger partial charge in [-0.1, -0.05) is 44.2 Å². The van der Waals surface area contributed by atoms with E-state index in [4.69, 9.17) is 11.6 Å². The summed E-state index contributed by atoms with van der Waals surface area (Å²) in [5, 5.41) is 11.9. The Hall–Kier alpha value is -1.81. The van der Waals surface area contributed by atoms with E-state index in [1.54, 1.807) is 29.0 Å². The molecule has 1 saturated carbocycles. The molecule has 4 nitrogen and oxygen atoms in total. The van der Waals surface area contributed by atoms with E-state index in [0.29, 0.717) is 22.5 Å². The van der Waals surface area contributed by atoms with Crippen LogP contribution >= 0.6 is 11.6 Å². The second kappa shape index (κ2) is 8.05. The van der Waals surface area contributed by atoms with E-state index in [-0.39, 0.29) is 22.9 Å². The maximum atomic E-state index is 13.0. The molecular weight excluding hydrogens is 336 g/mol. The molecule has 1 aromatic carbocycles. The van der Waals surface area contributed by atoms with E-state index in [0.717, 1.165) is 25.7 Å². The quantitative estimate of drug-likeness (QED) is 0.770. The number of nitrogens with zero attached hydrogens (tertiary/aromatic N) is 2. The Kier molecular flexibility index (Phi) is 5.79. The molecule has 0 spiro atoms. The van der Waals surface area contributed by atoms with Crippen molar-refractivity contribution in [3.05, 3.63) is 39.1 Å². The van der Waals surface area contributed by atoms with Gasteiger partial charge >= 0.3 is 0 Å². The smallest absolute Gasteiger partial charge is 0.263 e. The molecule has 1 heterocycles. The zero-order valence-electron chi connectivity index (χ0n) is 14.7. The summed E-state index contributed by atoms with van der Waals surface area (Å²) >= 11 is 6.11. The molecule has 25 heavy (non-hydrogen) atoms. The fourth-order valence-electron chi connectivity index (χ4n) is 3.49. The second-order valence-corrected chi connectivity index (χ2v) is 7.24. The van der Waals surface area contributed by atoms with Gasteiger partial charge in [0.25, 0.3) is 5.56 Å². The summed E-state index contributed by atoms with van der Waals surface area (Å²) in [5.74, 6) is 0.00368. The van der Waals surface area contributed by atoms with Gasteiger partial charge in [0.05, 0.1) is 5.52 Å². The van der Waals surface area contributed by atoms with Crippen molar-refractivity contribution in [1.82, 2.24) is 4.57 Å². The number of hydrogen-bond acceptors (Lipinski definition) is 3. The lowest BCUT2D eigenvalue weighted by atomic mass is 9.96. The number of fused-ring (bicyclic) bond motifs is 1. The van der Waals surface area contributed by atoms with Crippen molar-refractivity contribution in [1.29, 1.82) is 0 Å². The minimum Gasteiger partial charge on any atom is -0.506 e. The zero-order chi connectivity index (χ0) is 17.8. The Balaban J connectivity index is 2.09. The Morgan fingerprint density at radius 2 is 2.08 bits per heavy atom. The number of aromatic hydroxyl groups is 1. The topological polar surface area (TPSA) is 54.6 Å². The molecule has 0 radical (unpaired) electrons. The Labute approximate surface area is 153 Å². The first-order valence-corrected chi connectivity index (χ1v) is 9.57. The maximum Gasteiger partial charge on any atom is 0.263 e. The highest BCUT2D eigenvalue weighted by Gasteiger charge is 2.17. The number of halogens is 1. The lowest BCUT2D eigenvalue weighted by Gasteiger charge is -2.17. The molecule has 1 N–H and O–H groups in total. The van der Waals surface area contributed by atoms with Crippen LogP contribution in [0, 0.1) is 0 Å². The number of aliphatic imine (C=N–C) groups is 1. The number of unbranched alkanes of at least 4 members (excludes halogenated alkanes) is 1. The molecule has 0 bridgehead atoms. The minimum absolute atomic E-state index is 0.00368. The fraction of sp³-hybridized carbons (Fsp3) is 0.500. The van der Waals surface area contributed by atoms with Crippen molar-refractivity contribution >= 4 is 28.7 Å². The van der Waals surface area contributed by atoms with Crippen LogP contribution in [0.2, 0.25) is 5.02 Å². The fourth-order valence-corrected chi connectivity index (χ4v) is 3.66. The number of rotatable bonds is 5. The first kappa shape index (κ1) is 18.0. The van der Waals surface area contributed by atoms with E-state index < -0.39 is 0 Å². The second-order valence-electron chi connectivity index (χ2n) is 6.80. The summed E-state index contributed by atoms with van der Waals surface area (Å²) in [6.07, 6.45) is 9.22. The molecule has 1 aromatic heterocycles. The van der Waals surface area contributed by atoms with Crippen LogP contribution in [0.3, 0.4) is 0 Å². The molecule has 0 unspecified atom stereocenters. The van der Waals surface area contributed by atoms with Gasteiger partial charge < -0.3 is 9.67 Å². The lowest BCUT2D eigenvalue weighted by Crippen LogP contribution is -2.25. The molecule has 0 aliphatic heterocycles. The highest BCUT2D eigenvalue weighted by atomic mass is 35.5. The van der Waals surface area contributed by atoms with Crippen LogP contribution in [0.15, 0.2) is 28.0 Å². The van der Waals surface area contributed by atoms with E-state index >= 15 is 0 Å². The average molecular weight is 361 g/mol. The van der Waals surface area contributed by atoms with Crippen molar-refractivity contribution in [3.63, 3.8) is 0 Å². The Bertz CT molecular complexity index is 836. The number of benzene rings is 1. The van der Waals surface area contributed by atoms with Crippen molar-refractivity contribution in [2.45, 2.75) is 64.5 Å². The van der Waals surface area contributed by atoms with Crippen molar-refractivity contribution < 1.29 is 5.11 Å². The molecule has 0 saturated heterocycles. The standard InChI is InChI=1S/C20H25ClN2O2/c1-2-3-11-23-18-12-14(21)9-10-16(18)19(24)17(20(23)25)13-22-15-7-5-4-6-8-15/h9-10,12-13,15,24H,2-8,11H2,1H3. The number of aromatic nitrogens is 1. The lowest BCUT2D eigenvalue weighted by molar-refractivity contribution is 0.444. The molecule has 2 aromatic rings. The number of aryl methyl sites for hydroxylation is 1. The number of hydrogen-bond donors (Lipinski definition) is 1. The predicted octanol–water partition coefficient (Wildman–Crippen LogP) is 4.91. The van der Waals surface area contributed by atoms with Crippen LogP contribution in [0.1, 0.15) is 57.4 Å². The summed E-state index contributed by atoms with van der Waals surface area (Å²) < 4.78 is 1.71. The minimum atomic E-state index is -0.194. The summed E-state index contributed by atoms with van der Waals surface area (Å²) in [5.41, 5.74) is 0.773. The largest absolute Gasteiger partial charge is 0.506 e. The predicted molar refractivity (Wildman–Crippen MR) is 104 cm³/mol. The van der Waals surface area contributed by atoms with Crippen LogP contribution in [0.4, 0.5) is 0 Å². The third kappa shape index (κ3) is 3.90. The van der Waals surface area contributed by atoms with Gasteiger partial charge in [0.1, 0.15) is 11.3 Å². The van der Waals surface area contributed by atoms with Gasteiger partial charge in [0, 0.05) is 29.2 Å². The van der Waals surface area contributed by atoms with Gasteiger partial charge in [-0.3, -0.25) is 9.79 Å². The maximum absolute atomic E-state index is 13.0. The van der Waals surface area contributed by atoms with Crippen LogP contribution in [0.5, 0.6) is 5.75 Å². The summed E-state index contributed by atoms with van der Waals surface area (Å²) in [7, 11) is 0. The first-order valence-electron chi connectivity index (χ1n) is 9.20. The normalized spacial score (nSPS) is 16.1. The van der Waals surface area contributed by atoms with E-state index in [2.05, 4.69) is 11.9 Å². The van der Waals surface area contributed by atoms with Crippen molar-refractivity contribution in [3.8, 4) is 5.75 Å². The van der Waals surface area contributed by atoms with Crippen LogP contribution in [-0.2, 0) is 6.54 Å². The summed E-state index contributed by atoms with van der Waals surface area (Å²) in [6.45, 7) is 2.70. The van der Waals surface area contributed by atoms with E-state index in [9.17, 15) is 9.90 Å². The third-order valence-corrected chi connectivity index (χ3v) is 5.20. The van der Waals surface area contributed by atoms with Gasteiger partial charge in [-0.05, 0) is 37.5 Å². The average Bonchev–Trinajstić information content (AvgIpc) is 2.62. The van der Waals surface area contributed by atoms with Gasteiger partial charge in [-0.15, -0.1) is 0 Å². The molecule has 3 rings (SSSR count). The molecule has 5 heteroatoms. The Morgan fingerprint density at radius 1 is 1.32 bits per heavy atom. The zero-order valence-corrected chi connectivity index (χ0v) is 15.4. The Morgan fingerprint density at radius 3 is 2.80 bits per heavy atom. The van der Waals surface area contributed by atoms with Crippen LogP contribution in [0.25, 0.3) is 10.9 Å². The van der Waals surface area contributed by atoms with Gasteiger partial charge in [0.15, 0.2) is 0 Å². The summed E-state index contributed by atoms with van der Waals surface area (Å²) in [6, 6.07) is 5.51. The van der Waals surface area contributed by atoms with Crippen molar-refractivity contribution in [2.75, 3.05) is 0 Å². The van der Waals surface area contributed by atoms with E-state index in [1.807, 2.05) is 0 Å². The number of pyridine rings is 1. The molecule has 1 aliphatic carbocycles. The third-order valence-electron chi connectivity index (χ3n) is 4.96. The van der Waals surface area contributed by atoms with Crippen LogP contribution in [-0.4, -0.2) is 21.9 Å². The SMILES string of the molecule is CCCCn1c(=O)c(C=NC2CCCCC2)c(O)c2ccc(Cl)cc21. The first-order chi connectivity index (χ1) is 12.1. The highest BCUT2D eigenvalue weighted by Crippen LogP contribution is 2.28. The molecule has 0 atom stereocenters. The monoisotopic (exact) mass is 360 g/mol. The molecule has 0 amide bonds. The van der Waals surface area contributed by atoms with Gasteiger partial charge in [-0.25, -0.2) is 0 Å². The van der Waals surface area contributed by atoms with Gasteiger partial charge in [0.2, 0.25) is 0 Å². The summed E-state index contributed by atoms with van der Waals surface area (Å²) in [4.78, 5) is 17.6. The highest BCUT2D eigenvalue weighted by molar-refractivity contribution is 6.31. The van der Waals surface area contributed by atoms with Gasteiger partial charge in [-0.2, -0.15) is 0 Å². The van der Waals surface area contributed by atoms with Crippen molar-refractivity contribution in [2.24, 2.45) is 4.99 Å².